The first-order chi connectivity index (χ1) is 7.29. The summed E-state index contributed by atoms with van der Waals surface area (Å²) >= 11 is 0. The van der Waals surface area contributed by atoms with Crippen molar-refractivity contribution in [2.45, 2.75) is 31.9 Å². The molecule has 2 atom stereocenters. The van der Waals surface area contributed by atoms with Gasteiger partial charge in [-0.3, -0.25) is 4.90 Å². The molecule has 1 aliphatic rings. The zero-order valence-corrected chi connectivity index (χ0v) is 9.26. The molecule has 0 amide bonds. The zero-order valence-electron chi connectivity index (χ0n) is 9.26. The lowest BCUT2D eigenvalue weighted by Crippen LogP contribution is -2.35. The Morgan fingerprint density at radius 2 is 1.73 bits per heavy atom. The number of rotatable bonds is 3. The highest BCUT2D eigenvalue weighted by Gasteiger charge is 2.24. The number of hydrogen-bond acceptors (Lipinski definition) is 2. The van der Waals surface area contributed by atoms with Gasteiger partial charge in [0.25, 0.3) is 0 Å². The van der Waals surface area contributed by atoms with Crippen molar-refractivity contribution < 1.29 is 5.11 Å². The zero-order chi connectivity index (χ0) is 10.7. The van der Waals surface area contributed by atoms with Crippen LogP contribution in [0.1, 0.15) is 31.4 Å². The Bertz CT molecular complexity index is 293. The molecular formula is C13H19NO. The molecule has 0 saturated carbocycles. The molecule has 2 nitrogen and oxygen atoms in total. The molecule has 0 bridgehead atoms. The molecule has 0 unspecified atom stereocenters. The van der Waals surface area contributed by atoms with Crippen LogP contribution in [0.3, 0.4) is 0 Å². The van der Waals surface area contributed by atoms with Crippen molar-refractivity contribution in [2.24, 2.45) is 0 Å². The minimum atomic E-state index is -0.357. The van der Waals surface area contributed by atoms with E-state index in [9.17, 15) is 5.11 Å². The van der Waals surface area contributed by atoms with Gasteiger partial charge in [0, 0.05) is 6.04 Å². The van der Waals surface area contributed by atoms with E-state index in [0.29, 0.717) is 0 Å². The third-order valence-electron chi connectivity index (χ3n) is 3.31. The van der Waals surface area contributed by atoms with Gasteiger partial charge in [0.15, 0.2) is 0 Å². The van der Waals surface area contributed by atoms with Gasteiger partial charge in [-0.05, 0) is 38.4 Å². The van der Waals surface area contributed by atoms with Gasteiger partial charge in [0.05, 0.1) is 6.10 Å². The highest BCUT2D eigenvalue weighted by Crippen LogP contribution is 2.23. The summed E-state index contributed by atoms with van der Waals surface area (Å²) in [5.41, 5.74) is 1.02. The summed E-state index contributed by atoms with van der Waals surface area (Å²) in [7, 11) is 0. The van der Waals surface area contributed by atoms with E-state index in [0.717, 1.165) is 18.7 Å². The maximum atomic E-state index is 10.2. The molecule has 2 rings (SSSR count). The molecule has 1 saturated heterocycles. The van der Waals surface area contributed by atoms with Crippen LogP contribution in [0, 0.1) is 0 Å². The number of hydrogen-bond donors (Lipinski definition) is 1. The minimum absolute atomic E-state index is 0.231. The molecule has 2 heteroatoms. The Kier molecular flexibility index (Phi) is 3.39. The SMILES string of the molecule is C[C@@H]([C@@H](O)c1ccccc1)N1CCCC1. The molecule has 1 N–H and O–H groups in total. The van der Waals surface area contributed by atoms with E-state index in [1.165, 1.54) is 12.8 Å². The molecule has 1 aromatic rings. The van der Waals surface area contributed by atoms with Crippen LogP contribution in [-0.2, 0) is 0 Å². The van der Waals surface area contributed by atoms with Crippen molar-refractivity contribution in [1.82, 2.24) is 4.90 Å². The normalized spacial score (nSPS) is 21.5. The van der Waals surface area contributed by atoms with Crippen LogP contribution in [0.4, 0.5) is 0 Å². The Labute approximate surface area is 91.5 Å². The van der Waals surface area contributed by atoms with Crippen molar-refractivity contribution in [3.63, 3.8) is 0 Å². The van der Waals surface area contributed by atoms with Crippen molar-refractivity contribution in [3.05, 3.63) is 35.9 Å². The van der Waals surface area contributed by atoms with Crippen LogP contribution in [0.2, 0.25) is 0 Å². The molecule has 1 heterocycles. The van der Waals surface area contributed by atoms with Gasteiger partial charge in [-0.1, -0.05) is 30.3 Å². The molecule has 1 fully saturated rings. The first kappa shape index (κ1) is 10.7. The lowest BCUT2D eigenvalue weighted by Gasteiger charge is -2.28. The van der Waals surface area contributed by atoms with Crippen LogP contribution < -0.4 is 0 Å². The van der Waals surface area contributed by atoms with Gasteiger partial charge >= 0.3 is 0 Å². The molecule has 0 spiro atoms. The van der Waals surface area contributed by atoms with Gasteiger partial charge in [0.1, 0.15) is 0 Å². The first-order valence-electron chi connectivity index (χ1n) is 5.76. The fraction of sp³-hybridized carbons (Fsp3) is 0.538. The Morgan fingerprint density at radius 3 is 2.33 bits per heavy atom. The van der Waals surface area contributed by atoms with E-state index in [1.807, 2.05) is 30.3 Å². The molecule has 0 aliphatic carbocycles. The quantitative estimate of drug-likeness (QED) is 0.817. The summed E-state index contributed by atoms with van der Waals surface area (Å²) in [6.45, 7) is 4.37. The van der Waals surface area contributed by atoms with Crippen molar-refractivity contribution in [3.8, 4) is 0 Å². The van der Waals surface area contributed by atoms with E-state index in [-0.39, 0.29) is 12.1 Å². The summed E-state index contributed by atoms with van der Waals surface area (Å²) in [4.78, 5) is 2.37. The Morgan fingerprint density at radius 1 is 1.13 bits per heavy atom. The van der Waals surface area contributed by atoms with Crippen LogP contribution in [0.25, 0.3) is 0 Å². The number of likely N-dealkylation sites (tertiary alicyclic amines) is 1. The third kappa shape index (κ3) is 2.39. The molecule has 82 valence electrons. The van der Waals surface area contributed by atoms with Gasteiger partial charge < -0.3 is 5.11 Å². The fourth-order valence-electron chi connectivity index (χ4n) is 2.28. The minimum Gasteiger partial charge on any atom is -0.387 e. The topological polar surface area (TPSA) is 23.5 Å². The average Bonchev–Trinajstić information content (AvgIpc) is 2.82. The number of benzene rings is 1. The van der Waals surface area contributed by atoms with Crippen LogP contribution in [0.5, 0.6) is 0 Å². The lowest BCUT2D eigenvalue weighted by atomic mass is 10.0. The summed E-state index contributed by atoms with van der Waals surface area (Å²) in [5, 5.41) is 10.2. The van der Waals surface area contributed by atoms with Crippen LogP contribution in [-0.4, -0.2) is 29.1 Å². The monoisotopic (exact) mass is 205 g/mol. The second kappa shape index (κ2) is 4.77. The summed E-state index contributed by atoms with van der Waals surface area (Å²) < 4.78 is 0. The summed E-state index contributed by atoms with van der Waals surface area (Å²) in [6.07, 6.45) is 2.18. The Hall–Kier alpha value is -0.860. The molecular weight excluding hydrogens is 186 g/mol. The molecule has 0 aromatic heterocycles. The van der Waals surface area contributed by atoms with E-state index in [4.69, 9.17) is 0 Å². The first-order valence-corrected chi connectivity index (χ1v) is 5.76. The van der Waals surface area contributed by atoms with Crippen LogP contribution >= 0.6 is 0 Å². The Balaban J connectivity index is 2.03. The standard InChI is InChI=1S/C13H19NO/c1-11(14-9-5-6-10-14)13(15)12-7-3-2-4-8-12/h2-4,7-8,11,13,15H,5-6,9-10H2,1H3/t11-,13+/m0/s1. The van der Waals surface area contributed by atoms with E-state index < -0.39 is 0 Å². The number of aliphatic hydroxyl groups excluding tert-OH is 1. The van der Waals surface area contributed by atoms with Crippen molar-refractivity contribution >= 4 is 0 Å². The van der Waals surface area contributed by atoms with Crippen LogP contribution in [0.15, 0.2) is 30.3 Å². The van der Waals surface area contributed by atoms with Gasteiger partial charge in [0.2, 0.25) is 0 Å². The molecule has 0 radical (unpaired) electrons. The fourth-order valence-corrected chi connectivity index (χ4v) is 2.28. The average molecular weight is 205 g/mol. The van der Waals surface area contributed by atoms with E-state index >= 15 is 0 Å². The molecule has 15 heavy (non-hydrogen) atoms. The molecule has 1 aliphatic heterocycles. The second-order valence-corrected chi connectivity index (χ2v) is 4.34. The highest BCUT2D eigenvalue weighted by molar-refractivity contribution is 5.18. The summed E-state index contributed by atoms with van der Waals surface area (Å²) in [6, 6.07) is 10.2. The number of aliphatic hydroxyl groups is 1. The van der Waals surface area contributed by atoms with Gasteiger partial charge in [-0.15, -0.1) is 0 Å². The van der Waals surface area contributed by atoms with Crippen molar-refractivity contribution in [1.29, 1.82) is 0 Å². The van der Waals surface area contributed by atoms with E-state index in [1.54, 1.807) is 0 Å². The maximum absolute atomic E-state index is 10.2. The van der Waals surface area contributed by atoms with Gasteiger partial charge in [-0.2, -0.15) is 0 Å². The predicted octanol–water partition coefficient (Wildman–Crippen LogP) is 2.20. The predicted molar refractivity (Wildman–Crippen MR) is 61.7 cm³/mol. The van der Waals surface area contributed by atoms with Crippen molar-refractivity contribution in [2.75, 3.05) is 13.1 Å². The van der Waals surface area contributed by atoms with E-state index in [2.05, 4.69) is 11.8 Å². The second-order valence-electron chi connectivity index (χ2n) is 4.34. The van der Waals surface area contributed by atoms with Gasteiger partial charge in [-0.25, -0.2) is 0 Å². The third-order valence-corrected chi connectivity index (χ3v) is 3.31. The maximum Gasteiger partial charge on any atom is 0.0942 e. The highest BCUT2D eigenvalue weighted by atomic mass is 16.3. The lowest BCUT2D eigenvalue weighted by molar-refractivity contribution is 0.0716. The number of nitrogens with zero attached hydrogens (tertiary/aromatic N) is 1. The largest absolute Gasteiger partial charge is 0.387 e. The smallest absolute Gasteiger partial charge is 0.0942 e. The molecule has 1 aromatic carbocycles. The summed E-state index contributed by atoms with van der Waals surface area (Å²) in [5.74, 6) is 0.